The summed E-state index contributed by atoms with van der Waals surface area (Å²) in [6.45, 7) is 0. The van der Waals surface area contributed by atoms with E-state index in [9.17, 15) is 4.79 Å². The number of hydrogen-bond donors (Lipinski definition) is 0. The molecule has 0 spiro atoms. The summed E-state index contributed by atoms with van der Waals surface area (Å²) in [5.41, 5.74) is 1.11. The minimum absolute atomic E-state index is 0.0869. The van der Waals surface area contributed by atoms with Crippen LogP contribution in [0.1, 0.15) is 16.1 Å². The number of aromatic nitrogens is 3. The highest BCUT2D eigenvalue weighted by atomic mass is 79.9. The summed E-state index contributed by atoms with van der Waals surface area (Å²) >= 11 is 3.26. The van der Waals surface area contributed by atoms with Crippen LogP contribution in [-0.4, -0.2) is 20.8 Å². The van der Waals surface area contributed by atoms with Crippen molar-refractivity contribution in [2.24, 2.45) is 7.05 Å². The Balaban J connectivity index is 2.23. The van der Waals surface area contributed by atoms with E-state index < -0.39 is 0 Å². The van der Waals surface area contributed by atoms with Crippen molar-refractivity contribution in [1.82, 2.24) is 15.0 Å². The smallest absolute Gasteiger partial charge is 0.214 e. The van der Waals surface area contributed by atoms with Gasteiger partial charge in [-0.1, -0.05) is 47.7 Å². The predicted octanol–water partition coefficient (Wildman–Crippen LogP) is 2.96. The Morgan fingerprint density at radius 1 is 1.16 bits per heavy atom. The molecule has 1 aromatic heterocycles. The summed E-state index contributed by atoms with van der Waals surface area (Å²) < 4.78 is 1.95. The number of halogens is 1. The zero-order valence-corrected chi connectivity index (χ0v) is 11.8. The average molecular weight is 316 g/mol. The lowest BCUT2D eigenvalue weighted by atomic mass is 10.0. The molecule has 1 heterocycles. The van der Waals surface area contributed by atoms with Crippen LogP contribution < -0.4 is 0 Å². The van der Waals surface area contributed by atoms with Crippen LogP contribution in [0.2, 0.25) is 0 Å². The molecule has 0 saturated heterocycles. The van der Waals surface area contributed by atoms with Crippen LogP contribution >= 0.6 is 15.9 Å². The monoisotopic (exact) mass is 315 g/mol. The van der Waals surface area contributed by atoms with Gasteiger partial charge < -0.3 is 0 Å². The van der Waals surface area contributed by atoms with Crippen molar-refractivity contribution in [2.75, 3.05) is 0 Å². The molecule has 3 aromatic rings. The second-order valence-corrected chi connectivity index (χ2v) is 4.96. The molecule has 0 fully saturated rings. The van der Waals surface area contributed by atoms with E-state index in [1.807, 2.05) is 42.5 Å². The van der Waals surface area contributed by atoms with Gasteiger partial charge in [0.2, 0.25) is 5.78 Å². The fourth-order valence-electron chi connectivity index (χ4n) is 2.12. The second kappa shape index (κ2) is 4.59. The Bertz CT molecular complexity index is 754. The standard InChI is InChI=1S/C14H10BrN3O/c1-18-12(14(15)16-17-18)13(19)11-8-4-6-9-5-2-3-7-10(9)11/h2-8H,1H3. The maximum Gasteiger partial charge on any atom is 0.214 e. The normalized spacial score (nSPS) is 10.8. The minimum Gasteiger partial charge on any atom is -0.287 e. The first kappa shape index (κ1) is 12.0. The van der Waals surface area contributed by atoms with Crippen LogP contribution in [-0.2, 0) is 7.05 Å². The number of benzene rings is 2. The first-order valence-corrected chi connectivity index (χ1v) is 6.55. The quantitative estimate of drug-likeness (QED) is 0.683. The molecule has 0 radical (unpaired) electrons. The maximum absolute atomic E-state index is 12.6. The van der Waals surface area contributed by atoms with E-state index in [0.717, 1.165) is 10.8 Å². The molecule has 0 aliphatic rings. The van der Waals surface area contributed by atoms with Crippen molar-refractivity contribution < 1.29 is 4.79 Å². The van der Waals surface area contributed by atoms with Gasteiger partial charge in [0, 0.05) is 12.6 Å². The van der Waals surface area contributed by atoms with Gasteiger partial charge in [-0.15, -0.1) is 5.10 Å². The third-order valence-electron chi connectivity index (χ3n) is 3.04. The summed E-state index contributed by atoms with van der Waals surface area (Å²) in [7, 11) is 1.70. The van der Waals surface area contributed by atoms with Gasteiger partial charge in [-0.05, 0) is 26.7 Å². The van der Waals surface area contributed by atoms with E-state index in [-0.39, 0.29) is 5.78 Å². The Morgan fingerprint density at radius 2 is 1.89 bits per heavy atom. The lowest BCUT2D eigenvalue weighted by Gasteiger charge is -2.05. The number of carbonyl (C=O) groups is 1. The van der Waals surface area contributed by atoms with E-state index in [2.05, 4.69) is 26.2 Å². The molecule has 3 rings (SSSR count). The lowest BCUT2D eigenvalue weighted by molar-refractivity contribution is 0.103. The number of carbonyl (C=O) groups excluding carboxylic acids is 1. The molecule has 0 unspecified atom stereocenters. The zero-order chi connectivity index (χ0) is 13.4. The molecule has 94 valence electrons. The van der Waals surface area contributed by atoms with Crippen LogP contribution in [0.5, 0.6) is 0 Å². The topological polar surface area (TPSA) is 47.8 Å². The first-order valence-electron chi connectivity index (χ1n) is 5.76. The highest BCUT2D eigenvalue weighted by Gasteiger charge is 2.20. The van der Waals surface area contributed by atoms with Crippen molar-refractivity contribution in [3.63, 3.8) is 0 Å². The number of rotatable bonds is 2. The van der Waals surface area contributed by atoms with Gasteiger partial charge in [-0.25, -0.2) is 4.68 Å². The zero-order valence-electron chi connectivity index (χ0n) is 10.2. The van der Waals surface area contributed by atoms with Crippen molar-refractivity contribution in [3.05, 3.63) is 58.3 Å². The molecule has 2 aromatic carbocycles. The SMILES string of the molecule is Cn1nnc(Br)c1C(=O)c1cccc2ccccc12. The Kier molecular flexibility index (Phi) is 2.91. The van der Waals surface area contributed by atoms with Crippen molar-refractivity contribution in [3.8, 4) is 0 Å². The first-order chi connectivity index (χ1) is 9.18. The molecular weight excluding hydrogens is 306 g/mol. The van der Waals surface area contributed by atoms with Gasteiger partial charge in [0.25, 0.3) is 0 Å². The maximum atomic E-state index is 12.6. The van der Waals surface area contributed by atoms with Crippen LogP contribution in [0.15, 0.2) is 47.1 Å². The van der Waals surface area contributed by atoms with Crippen molar-refractivity contribution in [2.45, 2.75) is 0 Å². The molecule has 0 amide bonds. The van der Waals surface area contributed by atoms with Gasteiger partial charge in [-0.3, -0.25) is 4.79 Å². The Hall–Kier alpha value is -2.01. The number of fused-ring (bicyclic) bond motifs is 1. The van der Waals surface area contributed by atoms with Gasteiger partial charge in [0.1, 0.15) is 5.69 Å². The van der Waals surface area contributed by atoms with Crippen molar-refractivity contribution >= 4 is 32.5 Å². The van der Waals surface area contributed by atoms with Gasteiger partial charge >= 0.3 is 0 Å². The largest absolute Gasteiger partial charge is 0.287 e. The van der Waals surface area contributed by atoms with Crippen molar-refractivity contribution in [1.29, 1.82) is 0 Å². The van der Waals surface area contributed by atoms with E-state index in [1.165, 1.54) is 4.68 Å². The van der Waals surface area contributed by atoms with Crippen LogP contribution in [0.4, 0.5) is 0 Å². The lowest BCUT2D eigenvalue weighted by Crippen LogP contribution is -2.09. The molecule has 0 atom stereocenters. The highest BCUT2D eigenvalue weighted by molar-refractivity contribution is 9.10. The molecule has 0 aliphatic carbocycles. The fourth-order valence-corrected chi connectivity index (χ4v) is 2.63. The molecule has 19 heavy (non-hydrogen) atoms. The molecule has 0 saturated carbocycles. The minimum atomic E-state index is -0.0869. The Labute approximate surface area is 118 Å². The molecule has 0 aliphatic heterocycles. The Morgan fingerprint density at radius 3 is 2.63 bits per heavy atom. The molecule has 5 heteroatoms. The molecule has 4 nitrogen and oxygen atoms in total. The third-order valence-corrected chi connectivity index (χ3v) is 3.57. The second-order valence-electron chi connectivity index (χ2n) is 4.21. The van der Waals surface area contributed by atoms with E-state index in [0.29, 0.717) is 15.9 Å². The molecule has 0 bridgehead atoms. The number of nitrogens with zero attached hydrogens (tertiary/aromatic N) is 3. The third kappa shape index (κ3) is 1.96. The number of hydrogen-bond acceptors (Lipinski definition) is 3. The highest BCUT2D eigenvalue weighted by Crippen LogP contribution is 2.23. The van der Waals surface area contributed by atoms with Gasteiger partial charge in [-0.2, -0.15) is 0 Å². The average Bonchev–Trinajstić information content (AvgIpc) is 2.77. The summed E-state index contributed by atoms with van der Waals surface area (Å²) in [5.74, 6) is -0.0869. The summed E-state index contributed by atoms with van der Waals surface area (Å²) in [6.07, 6.45) is 0. The molecule has 0 N–H and O–H groups in total. The molecular formula is C14H10BrN3O. The summed E-state index contributed by atoms with van der Waals surface area (Å²) in [6, 6.07) is 13.5. The van der Waals surface area contributed by atoms with E-state index in [4.69, 9.17) is 0 Å². The predicted molar refractivity (Wildman–Crippen MR) is 76.1 cm³/mol. The number of aryl methyl sites for hydroxylation is 1. The van der Waals surface area contributed by atoms with Gasteiger partial charge in [0.05, 0.1) is 0 Å². The van der Waals surface area contributed by atoms with Gasteiger partial charge in [0.15, 0.2) is 4.60 Å². The fraction of sp³-hybridized carbons (Fsp3) is 0.0714. The van der Waals surface area contributed by atoms with E-state index >= 15 is 0 Å². The van der Waals surface area contributed by atoms with Crippen LogP contribution in [0.3, 0.4) is 0 Å². The summed E-state index contributed by atoms with van der Waals surface area (Å²) in [4.78, 5) is 12.6. The summed E-state index contributed by atoms with van der Waals surface area (Å²) in [5, 5.41) is 9.67. The number of ketones is 1. The van der Waals surface area contributed by atoms with E-state index in [1.54, 1.807) is 7.05 Å². The van der Waals surface area contributed by atoms with Crippen LogP contribution in [0, 0.1) is 0 Å². The van der Waals surface area contributed by atoms with Crippen LogP contribution in [0.25, 0.3) is 10.8 Å².